The van der Waals surface area contributed by atoms with Crippen molar-refractivity contribution >= 4 is 11.7 Å². The number of nitrogens with zero attached hydrogens (tertiary/aromatic N) is 1. The number of fused-ring (bicyclic) bond motifs is 1. The predicted octanol–water partition coefficient (Wildman–Crippen LogP) is 1.46. The Morgan fingerprint density at radius 2 is 2.38 bits per heavy atom. The van der Waals surface area contributed by atoms with Gasteiger partial charge in [-0.1, -0.05) is 0 Å². The fourth-order valence-electron chi connectivity index (χ4n) is 3.08. The van der Waals surface area contributed by atoms with Gasteiger partial charge in [-0.15, -0.1) is 0 Å². The normalized spacial score (nSPS) is 33.9. The van der Waals surface area contributed by atoms with Gasteiger partial charge >= 0.3 is 5.97 Å². The fraction of sp³-hybridized carbons (Fsp3) is 0.833. The van der Waals surface area contributed by atoms with Gasteiger partial charge in [-0.05, 0) is 44.4 Å². The van der Waals surface area contributed by atoms with Crippen LogP contribution in [0.15, 0.2) is 5.10 Å². The van der Waals surface area contributed by atoms with E-state index in [-0.39, 0.29) is 5.97 Å². The van der Waals surface area contributed by atoms with Gasteiger partial charge < -0.3 is 10.2 Å². The Kier molecular flexibility index (Phi) is 2.19. The zero-order chi connectivity index (χ0) is 11.2. The van der Waals surface area contributed by atoms with Gasteiger partial charge in [-0.25, -0.2) is 4.79 Å². The molecule has 0 aromatic rings. The third kappa shape index (κ3) is 1.51. The van der Waals surface area contributed by atoms with E-state index in [2.05, 4.69) is 10.5 Å². The average molecular weight is 222 g/mol. The largest absolute Gasteiger partial charge is 0.461 e. The Morgan fingerprint density at radius 3 is 3.06 bits per heavy atom. The van der Waals surface area contributed by atoms with Crippen molar-refractivity contribution in [1.29, 1.82) is 0 Å². The molecular weight excluding hydrogens is 204 g/mol. The first-order valence-electron chi connectivity index (χ1n) is 6.24. The van der Waals surface area contributed by atoms with Crippen LogP contribution in [-0.2, 0) is 9.53 Å². The highest BCUT2D eigenvalue weighted by Gasteiger charge is 2.52. The van der Waals surface area contributed by atoms with Crippen LogP contribution in [0.5, 0.6) is 0 Å². The monoisotopic (exact) mass is 222 g/mol. The molecule has 3 aliphatic rings. The van der Waals surface area contributed by atoms with Crippen LogP contribution >= 0.6 is 0 Å². The van der Waals surface area contributed by atoms with E-state index in [0.29, 0.717) is 29.7 Å². The maximum Gasteiger partial charge on any atom is 0.354 e. The SMILES string of the molecule is CCOC(=O)C1=NNC2CCC3(CC3)CC12. The number of carbonyl (C=O) groups excluding carboxylic acids is 1. The number of hydrogen-bond donors (Lipinski definition) is 1. The van der Waals surface area contributed by atoms with Gasteiger partial charge in [0, 0.05) is 5.92 Å². The van der Waals surface area contributed by atoms with E-state index in [4.69, 9.17) is 4.74 Å². The van der Waals surface area contributed by atoms with Crippen LogP contribution in [0.2, 0.25) is 0 Å². The van der Waals surface area contributed by atoms with Crippen LogP contribution in [0.4, 0.5) is 0 Å². The highest BCUT2D eigenvalue weighted by molar-refractivity contribution is 6.37. The molecule has 3 rings (SSSR count). The zero-order valence-corrected chi connectivity index (χ0v) is 9.66. The minimum Gasteiger partial charge on any atom is -0.461 e. The topological polar surface area (TPSA) is 50.7 Å². The molecule has 1 spiro atoms. The van der Waals surface area contributed by atoms with Crippen molar-refractivity contribution in [3.05, 3.63) is 0 Å². The fourth-order valence-corrected chi connectivity index (χ4v) is 3.08. The molecule has 0 amide bonds. The Hall–Kier alpha value is -1.06. The van der Waals surface area contributed by atoms with Gasteiger partial charge in [0.05, 0.1) is 12.6 Å². The molecule has 4 nitrogen and oxygen atoms in total. The molecule has 0 aromatic heterocycles. The number of carbonyl (C=O) groups is 1. The van der Waals surface area contributed by atoms with Gasteiger partial charge in [-0.3, -0.25) is 0 Å². The summed E-state index contributed by atoms with van der Waals surface area (Å²) in [5, 5.41) is 4.18. The van der Waals surface area contributed by atoms with Crippen molar-refractivity contribution in [2.45, 2.75) is 45.1 Å². The molecule has 2 atom stereocenters. The number of hydrazone groups is 1. The standard InChI is InChI=1S/C12H18N2O2/c1-2-16-11(15)10-8-7-12(5-6-12)4-3-9(8)13-14-10/h8-9,13H,2-7H2,1H3. The van der Waals surface area contributed by atoms with Crippen molar-refractivity contribution in [3.8, 4) is 0 Å². The second-order valence-electron chi connectivity index (χ2n) is 5.30. The summed E-state index contributed by atoms with van der Waals surface area (Å²) in [4.78, 5) is 11.7. The lowest BCUT2D eigenvalue weighted by atomic mass is 9.74. The maximum absolute atomic E-state index is 11.7. The number of rotatable bonds is 2. The van der Waals surface area contributed by atoms with Gasteiger partial charge in [-0.2, -0.15) is 5.10 Å². The molecule has 2 unspecified atom stereocenters. The van der Waals surface area contributed by atoms with Crippen LogP contribution in [0.25, 0.3) is 0 Å². The number of ether oxygens (including phenoxy) is 1. The second kappa shape index (κ2) is 3.47. The number of nitrogens with one attached hydrogen (secondary N) is 1. The first kappa shape index (κ1) is 10.1. The minimum absolute atomic E-state index is 0.222. The van der Waals surface area contributed by atoms with Crippen LogP contribution in [0, 0.1) is 11.3 Å². The average Bonchev–Trinajstić information content (AvgIpc) is 2.89. The van der Waals surface area contributed by atoms with E-state index in [9.17, 15) is 4.79 Å². The lowest BCUT2D eigenvalue weighted by molar-refractivity contribution is -0.135. The molecule has 16 heavy (non-hydrogen) atoms. The minimum atomic E-state index is -0.222. The van der Waals surface area contributed by atoms with Crippen molar-refractivity contribution in [2.24, 2.45) is 16.4 Å². The molecule has 0 aromatic carbocycles. The van der Waals surface area contributed by atoms with E-state index in [1.165, 1.54) is 19.3 Å². The summed E-state index contributed by atoms with van der Waals surface area (Å²) in [7, 11) is 0. The molecule has 2 saturated carbocycles. The molecule has 1 N–H and O–H groups in total. The van der Waals surface area contributed by atoms with Crippen LogP contribution in [0.1, 0.15) is 39.0 Å². The van der Waals surface area contributed by atoms with Gasteiger partial charge in [0.15, 0.2) is 5.71 Å². The van der Waals surface area contributed by atoms with Crippen LogP contribution in [-0.4, -0.2) is 24.3 Å². The molecule has 88 valence electrons. The van der Waals surface area contributed by atoms with E-state index >= 15 is 0 Å². The summed E-state index contributed by atoms with van der Waals surface area (Å²) in [6.45, 7) is 2.27. The first-order valence-corrected chi connectivity index (χ1v) is 6.24. The van der Waals surface area contributed by atoms with E-state index in [1.54, 1.807) is 0 Å². The Balaban J connectivity index is 1.73. The summed E-state index contributed by atoms with van der Waals surface area (Å²) in [5.74, 6) is 0.0792. The highest BCUT2D eigenvalue weighted by atomic mass is 16.5. The summed E-state index contributed by atoms with van der Waals surface area (Å²) in [5.41, 5.74) is 4.29. The third-order valence-electron chi connectivity index (χ3n) is 4.27. The van der Waals surface area contributed by atoms with Crippen LogP contribution < -0.4 is 5.43 Å². The molecule has 0 bridgehead atoms. The third-order valence-corrected chi connectivity index (χ3v) is 4.27. The lowest BCUT2D eigenvalue weighted by Crippen LogP contribution is -2.38. The Morgan fingerprint density at radius 1 is 1.56 bits per heavy atom. The lowest BCUT2D eigenvalue weighted by Gasteiger charge is -2.31. The molecule has 0 radical (unpaired) electrons. The molecule has 2 fully saturated rings. The summed E-state index contributed by atoms with van der Waals surface area (Å²) >= 11 is 0. The summed E-state index contributed by atoms with van der Waals surface area (Å²) < 4.78 is 5.05. The van der Waals surface area contributed by atoms with Gasteiger partial charge in [0.25, 0.3) is 0 Å². The highest BCUT2D eigenvalue weighted by Crippen LogP contribution is 2.58. The van der Waals surface area contributed by atoms with Crippen molar-refractivity contribution < 1.29 is 9.53 Å². The van der Waals surface area contributed by atoms with Gasteiger partial charge in [0.1, 0.15) is 0 Å². The first-order chi connectivity index (χ1) is 7.74. The smallest absolute Gasteiger partial charge is 0.354 e. The number of hydrogen-bond acceptors (Lipinski definition) is 4. The molecule has 0 saturated heterocycles. The second-order valence-corrected chi connectivity index (χ2v) is 5.30. The van der Waals surface area contributed by atoms with Crippen molar-refractivity contribution in [2.75, 3.05) is 6.61 Å². The molecular formula is C12H18N2O2. The molecule has 1 aliphatic heterocycles. The summed E-state index contributed by atoms with van der Waals surface area (Å²) in [6.07, 6.45) is 6.25. The molecule has 4 heteroatoms. The van der Waals surface area contributed by atoms with Crippen molar-refractivity contribution in [3.63, 3.8) is 0 Å². The van der Waals surface area contributed by atoms with E-state index in [1.807, 2.05) is 6.92 Å². The summed E-state index contributed by atoms with van der Waals surface area (Å²) in [6, 6.07) is 0.380. The Labute approximate surface area is 95.4 Å². The van der Waals surface area contributed by atoms with Crippen molar-refractivity contribution in [1.82, 2.24) is 5.43 Å². The predicted molar refractivity (Wildman–Crippen MR) is 60.0 cm³/mol. The quantitative estimate of drug-likeness (QED) is 0.720. The maximum atomic E-state index is 11.7. The molecule has 2 aliphatic carbocycles. The zero-order valence-electron chi connectivity index (χ0n) is 9.66. The molecule has 1 heterocycles. The number of esters is 1. The van der Waals surface area contributed by atoms with Crippen LogP contribution in [0.3, 0.4) is 0 Å². The van der Waals surface area contributed by atoms with Gasteiger partial charge in [0.2, 0.25) is 0 Å². The van der Waals surface area contributed by atoms with E-state index < -0.39 is 0 Å². The van der Waals surface area contributed by atoms with E-state index in [0.717, 1.165) is 12.8 Å². The Bertz CT molecular complexity index is 347.